The van der Waals surface area contributed by atoms with Gasteiger partial charge in [-0.25, -0.2) is 0 Å². The van der Waals surface area contributed by atoms with Crippen LogP contribution in [0.25, 0.3) is 131 Å². The number of furan rings is 2. The van der Waals surface area contributed by atoms with Crippen molar-refractivity contribution in [1.29, 1.82) is 0 Å². The zero-order chi connectivity index (χ0) is 41.6. The second-order valence-corrected chi connectivity index (χ2v) is 17.8. The highest BCUT2D eigenvalue weighted by Gasteiger charge is 2.38. The summed E-state index contributed by atoms with van der Waals surface area (Å²) in [6.07, 6.45) is 0. The molecule has 0 bridgehead atoms. The molecule has 1 aliphatic carbocycles. The highest BCUT2D eigenvalue weighted by atomic mass is 16.3. The highest BCUT2D eigenvalue weighted by Crippen LogP contribution is 2.55. The first-order valence-electron chi connectivity index (χ1n) is 21.9. The molecule has 0 spiro atoms. The van der Waals surface area contributed by atoms with Crippen LogP contribution >= 0.6 is 0 Å². The van der Waals surface area contributed by atoms with Crippen molar-refractivity contribution >= 4 is 87.0 Å². The zero-order valence-electron chi connectivity index (χ0n) is 34.8. The molecule has 0 atom stereocenters. The van der Waals surface area contributed by atoms with Crippen LogP contribution in [0.15, 0.2) is 203 Å². The maximum absolute atomic E-state index is 6.92. The van der Waals surface area contributed by atoms with Crippen LogP contribution in [-0.2, 0) is 5.41 Å². The molecule has 13 aromatic rings. The molecule has 0 radical (unpaired) electrons. The molecule has 2 aromatic heterocycles. The third kappa shape index (κ3) is 4.67. The fraction of sp³-hybridized carbons (Fsp3) is 0.0492. The molecule has 0 N–H and O–H groups in total. The van der Waals surface area contributed by atoms with Gasteiger partial charge in [0.1, 0.15) is 22.3 Å². The predicted octanol–water partition coefficient (Wildman–Crippen LogP) is 17.4. The van der Waals surface area contributed by atoms with Crippen LogP contribution in [0, 0.1) is 0 Å². The van der Waals surface area contributed by atoms with E-state index in [0.29, 0.717) is 0 Å². The normalized spacial score (nSPS) is 13.4. The number of para-hydroxylation sites is 2. The molecule has 0 aliphatic heterocycles. The van der Waals surface area contributed by atoms with Crippen molar-refractivity contribution in [3.63, 3.8) is 0 Å². The standard InChI is InChI=1S/C61H38O2/c1-61(2)52-29-10-7-20-41(52)44-27-15-28-47(58(44)61)55-42-25-13-23-39(50-32-35-16-3-5-18-37(35)56-45-21-8-11-30-53(45)62-59(50)56)48(42)34-49-40(24-14-26-43(49)55)51-33-36-17-4-6-19-38(36)57-46-22-9-12-31-54(46)63-60(51)57/h3-34H,1-2H3. The molecule has 0 fully saturated rings. The number of hydrogen-bond acceptors (Lipinski definition) is 2. The average molecular weight is 803 g/mol. The van der Waals surface area contributed by atoms with E-state index in [-0.39, 0.29) is 5.41 Å². The number of fused-ring (bicyclic) bond motifs is 15. The van der Waals surface area contributed by atoms with Gasteiger partial charge >= 0.3 is 0 Å². The minimum absolute atomic E-state index is 0.218. The summed E-state index contributed by atoms with van der Waals surface area (Å²) in [5.41, 5.74) is 15.7. The molecule has 2 nitrogen and oxygen atoms in total. The van der Waals surface area contributed by atoms with E-state index in [4.69, 9.17) is 8.83 Å². The Balaban J connectivity index is 1.16. The first-order chi connectivity index (χ1) is 31.0. The van der Waals surface area contributed by atoms with Gasteiger partial charge in [-0.2, -0.15) is 0 Å². The summed E-state index contributed by atoms with van der Waals surface area (Å²) in [6.45, 7) is 4.79. The van der Waals surface area contributed by atoms with E-state index >= 15 is 0 Å². The third-order valence-corrected chi connectivity index (χ3v) is 14.2. The topological polar surface area (TPSA) is 26.3 Å². The Kier molecular flexibility index (Phi) is 6.93. The summed E-state index contributed by atoms with van der Waals surface area (Å²) in [5, 5.41) is 14.1. The summed E-state index contributed by atoms with van der Waals surface area (Å²) >= 11 is 0. The molecule has 14 rings (SSSR count). The number of hydrogen-bond donors (Lipinski definition) is 0. The van der Waals surface area contributed by atoms with Gasteiger partial charge in [-0.05, 0) is 118 Å². The predicted molar refractivity (Wildman–Crippen MR) is 265 cm³/mol. The maximum Gasteiger partial charge on any atom is 0.143 e. The summed E-state index contributed by atoms with van der Waals surface area (Å²) in [7, 11) is 0. The lowest BCUT2D eigenvalue weighted by Gasteiger charge is -2.26. The minimum Gasteiger partial charge on any atom is -0.455 e. The van der Waals surface area contributed by atoms with E-state index in [1.807, 2.05) is 0 Å². The molecule has 2 heterocycles. The second kappa shape index (κ2) is 12.6. The van der Waals surface area contributed by atoms with Gasteiger partial charge in [0, 0.05) is 38.1 Å². The molecule has 1 aliphatic rings. The fourth-order valence-corrected chi connectivity index (χ4v) is 11.5. The Bertz CT molecular complexity index is 3910. The van der Waals surface area contributed by atoms with E-state index in [2.05, 4.69) is 208 Å². The van der Waals surface area contributed by atoms with Crippen LogP contribution in [-0.4, -0.2) is 0 Å². The Hall–Kier alpha value is -7.94. The van der Waals surface area contributed by atoms with Gasteiger partial charge in [0.2, 0.25) is 0 Å². The third-order valence-electron chi connectivity index (χ3n) is 14.2. The Morgan fingerprint density at radius 3 is 1.33 bits per heavy atom. The molecule has 0 saturated heterocycles. The molecule has 2 heteroatoms. The van der Waals surface area contributed by atoms with Crippen LogP contribution < -0.4 is 0 Å². The van der Waals surface area contributed by atoms with Crippen molar-refractivity contribution in [2.45, 2.75) is 19.3 Å². The van der Waals surface area contributed by atoms with Crippen LogP contribution in [0.4, 0.5) is 0 Å². The highest BCUT2D eigenvalue weighted by molar-refractivity contribution is 6.28. The molecule has 11 aromatic carbocycles. The fourth-order valence-electron chi connectivity index (χ4n) is 11.5. The van der Waals surface area contributed by atoms with Crippen molar-refractivity contribution in [2.75, 3.05) is 0 Å². The van der Waals surface area contributed by atoms with Crippen molar-refractivity contribution in [3.8, 4) is 44.5 Å². The van der Waals surface area contributed by atoms with Gasteiger partial charge in [0.25, 0.3) is 0 Å². The lowest BCUT2D eigenvalue weighted by atomic mass is 9.77. The second-order valence-electron chi connectivity index (χ2n) is 17.8. The van der Waals surface area contributed by atoms with Gasteiger partial charge in [-0.15, -0.1) is 0 Å². The summed E-state index contributed by atoms with van der Waals surface area (Å²) < 4.78 is 13.8. The molecule has 0 saturated carbocycles. The van der Waals surface area contributed by atoms with E-state index in [9.17, 15) is 0 Å². The molecular formula is C61H38O2. The van der Waals surface area contributed by atoms with Crippen molar-refractivity contribution in [1.82, 2.24) is 0 Å². The molecular weight excluding hydrogens is 765 g/mol. The van der Waals surface area contributed by atoms with Crippen molar-refractivity contribution in [3.05, 3.63) is 205 Å². The monoisotopic (exact) mass is 802 g/mol. The van der Waals surface area contributed by atoms with Crippen LogP contribution in [0.2, 0.25) is 0 Å². The van der Waals surface area contributed by atoms with Gasteiger partial charge in [0.15, 0.2) is 0 Å². The first kappa shape index (κ1) is 34.7. The average Bonchev–Trinajstić information content (AvgIpc) is 3.99. The lowest BCUT2D eigenvalue weighted by molar-refractivity contribution is 0.662. The van der Waals surface area contributed by atoms with Gasteiger partial charge in [-0.1, -0.05) is 178 Å². The molecule has 0 unspecified atom stereocenters. The van der Waals surface area contributed by atoms with Gasteiger partial charge < -0.3 is 8.83 Å². The van der Waals surface area contributed by atoms with E-state index in [1.54, 1.807) is 0 Å². The SMILES string of the molecule is CC1(C)c2ccccc2-c2cccc(-c3c4cccc(-c5cc6ccccc6c6c5oc5ccccc56)c4cc4c(-c5cc6ccccc6c6c5oc5ccccc56)cccc34)c21. The minimum atomic E-state index is -0.218. The zero-order valence-corrected chi connectivity index (χ0v) is 34.8. The Labute approximate surface area is 363 Å². The van der Waals surface area contributed by atoms with Gasteiger partial charge in [0.05, 0.1) is 0 Å². The smallest absolute Gasteiger partial charge is 0.143 e. The van der Waals surface area contributed by atoms with Gasteiger partial charge in [-0.3, -0.25) is 0 Å². The van der Waals surface area contributed by atoms with Crippen LogP contribution in [0.3, 0.4) is 0 Å². The summed E-state index contributed by atoms with van der Waals surface area (Å²) in [5.74, 6) is 0. The number of rotatable bonds is 3. The van der Waals surface area contributed by atoms with E-state index < -0.39 is 0 Å². The molecule has 294 valence electrons. The largest absolute Gasteiger partial charge is 0.455 e. The van der Waals surface area contributed by atoms with Crippen molar-refractivity contribution < 1.29 is 8.83 Å². The van der Waals surface area contributed by atoms with E-state index in [0.717, 1.165) is 66.1 Å². The van der Waals surface area contributed by atoms with Crippen LogP contribution in [0.5, 0.6) is 0 Å². The summed E-state index contributed by atoms with van der Waals surface area (Å²) in [4.78, 5) is 0. The molecule has 0 amide bonds. The molecule has 63 heavy (non-hydrogen) atoms. The summed E-state index contributed by atoms with van der Waals surface area (Å²) in [6, 6.07) is 71.1. The van der Waals surface area contributed by atoms with Crippen molar-refractivity contribution in [2.24, 2.45) is 0 Å². The number of benzene rings is 11. The quantitative estimate of drug-likeness (QED) is 0.166. The van der Waals surface area contributed by atoms with Crippen LogP contribution in [0.1, 0.15) is 25.0 Å². The Morgan fingerprint density at radius 2 is 0.746 bits per heavy atom. The van der Waals surface area contributed by atoms with E-state index in [1.165, 1.54) is 76.5 Å². The maximum atomic E-state index is 6.92. The lowest BCUT2D eigenvalue weighted by Crippen LogP contribution is -2.16. The first-order valence-corrected chi connectivity index (χ1v) is 21.9. The Morgan fingerprint density at radius 1 is 0.317 bits per heavy atom.